The van der Waals surface area contributed by atoms with Gasteiger partial charge >= 0.3 is 0 Å². The third-order valence-electron chi connectivity index (χ3n) is 4.17. The zero-order chi connectivity index (χ0) is 17.1. The molecule has 1 atom stereocenters. The summed E-state index contributed by atoms with van der Waals surface area (Å²) in [6, 6.07) is 9.23. The second kappa shape index (κ2) is 6.82. The van der Waals surface area contributed by atoms with Crippen LogP contribution >= 0.6 is 0 Å². The van der Waals surface area contributed by atoms with Crippen molar-refractivity contribution in [1.29, 1.82) is 0 Å². The smallest absolute Gasteiger partial charge is 0.255 e. The number of morpholine rings is 1. The van der Waals surface area contributed by atoms with Crippen molar-refractivity contribution in [2.45, 2.75) is 6.10 Å². The molecule has 0 aliphatic carbocycles. The van der Waals surface area contributed by atoms with Crippen molar-refractivity contribution >= 4 is 5.91 Å². The van der Waals surface area contributed by atoms with Crippen molar-refractivity contribution in [3.8, 4) is 5.82 Å². The van der Waals surface area contributed by atoms with E-state index in [2.05, 4.69) is 15.1 Å². The van der Waals surface area contributed by atoms with E-state index in [0.29, 0.717) is 31.1 Å². The van der Waals surface area contributed by atoms with Gasteiger partial charge in [-0.3, -0.25) is 9.78 Å². The van der Waals surface area contributed by atoms with Gasteiger partial charge in [-0.2, -0.15) is 5.10 Å². The second-order valence-electron chi connectivity index (χ2n) is 5.75. The Morgan fingerprint density at radius 3 is 2.76 bits per heavy atom. The first-order valence-electron chi connectivity index (χ1n) is 8.08. The van der Waals surface area contributed by atoms with Gasteiger partial charge in [0, 0.05) is 37.5 Å². The van der Waals surface area contributed by atoms with Crippen molar-refractivity contribution in [3.63, 3.8) is 0 Å². The van der Waals surface area contributed by atoms with Crippen LogP contribution < -0.4 is 0 Å². The number of pyridine rings is 2. The predicted molar refractivity (Wildman–Crippen MR) is 90.2 cm³/mol. The van der Waals surface area contributed by atoms with Crippen molar-refractivity contribution in [2.24, 2.45) is 0 Å². The van der Waals surface area contributed by atoms with Crippen LogP contribution in [0.4, 0.5) is 0 Å². The highest BCUT2D eigenvalue weighted by Gasteiger charge is 2.26. The number of rotatable bonds is 3. The van der Waals surface area contributed by atoms with E-state index in [-0.39, 0.29) is 12.0 Å². The molecule has 0 spiro atoms. The first kappa shape index (κ1) is 15.5. The van der Waals surface area contributed by atoms with E-state index in [1.807, 2.05) is 24.4 Å². The van der Waals surface area contributed by atoms with Gasteiger partial charge in [0.15, 0.2) is 5.82 Å². The third-order valence-corrected chi connectivity index (χ3v) is 4.17. The SMILES string of the molecule is O=C(c1ccc(-n2cccn2)nc1)N1CCO[C@@H](c2ccncc2)C1. The van der Waals surface area contributed by atoms with Crippen LogP contribution in [0.25, 0.3) is 5.82 Å². The molecule has 1 saturated heterocycles. The summed E-state index contributed by atoms with van der Waals surface area (Å²) in [7, 11) is 0. The van der Waals surface area contributed by atoms with Gasteiger partial charge < -0.3 is 9.64 Å². The van der Waals surface area contributed by atoms with E-state index < -0.39 is 0 Å². The fourth-order valence-electron chi connectivity index (χ4n) is 2.85. The normalized spacial score (nSPS) is 17.4. The van der Waals surface area contributed by atoms with Crippen molar-refractivity contribution < 1.29 is 9.53 Å². The van der Waals surface area contributed by atoms with Gasteiger partial charge in [0.25, 0.3) is 5.91 Å². The molecule has 0 unspecified atom stereocenters. The summed E-state index contributed by atoms with van der Waals surface area (Å²) in [6.45, 7) is 1.60. The molecule has 1 aliphatic heterocycles. The minimum Gasteiger partial charge on any atom is -0.370 e. The molecule has 25 heavy (non-hydrogen) atoms. The molecule has 1 amide bonds. The number of hydrogen-bond donors (Lipinski definition) is 0. The van der Waals surface area contributed by atoms with E-state index in [1.165, 1.54) is 0 Å². The average Bonchev–Trinajstić information content (AvgIpc) is 3.23. The Kier molecular flexibility index (Phi) is 4.22. The van der Waals surface area contributed by atoms with Gasteiger partial charge in [0.05, 0.1) is 18.7 Å². The number of amides is 1. The molecule has 0 bridgehead atoms. The molecule has 3 aromatic heterocycles. The highest BCUT2D eigenvalue weighted by Crippen LogP contribution is 2.22. The summed E-state index contributed by atoms with van der Waals surface area (Å²) >= 11 is 0. The quantitative estimate of drug-likeness (QED) is 0.731. The number of carbonyl (C=O) groups is 1. The van der Waals surface area contributed by atoms with Crippen molar-refractivity contribution in [3.05, 3.63) is 72.4 Å². The summed E-state index contributed by atoms with van der Waals surface area (Å²) in [5.74, 6) is 0.639. The van der Waals surface area contributed by atoms with Crippen LogP contribution in [-0.4, -0.2) is 50.3 Å². The third kappa shape index (κ3) is 3.27. The minimum absolute atomic E-state index is 0.0399. The Bertz CT molecular complexity index is 834. The Hall–Kier alpha value is -3.06. The molecule has 1 fully saturated rings. The summed E-state index contributed by atoms with van der Waals surface area (Å²) in [5, 5.41) is 4.13. The fourth-order valence-corrected chi connectivity index (χ4v) is 2.85. The number of hydrogen-bond acceptors (Lipinski definition) is 5. The molecule has 3 aromatic rings. The van der Waals surface area contributed by atoms with Gasteiger partial charge in [0.2, 0.25) is 0 Å². The molecule has 4 rings (SSSR count). The van der Waals surface area contributed by atoms with Crippen LogP contribution in [-0.2, 0) is 4.74 Å². The topological polar surface area (TPSA) is 73.1 Å². The monoisotopic (exact) mass is 335 g/mol. The zero-order valence-corrected chi connectivity index (χ0v) is 13.5. The molecule has 7 nitrogen and oxygen atoms in total. The van der Waals surface area contributed by atoms with Gasteiger partial charge in [-0.05, 0) is 35.9 Å². The predicted octanol–water partition coefficient (Wildman–Crippen LogP) is 1.88. The van der Waals surface area contributed by atoms with Crippen LogP contribution in [0.5, 0.6) is 0 Å². The Balaban J connectivity index is 1.48. The Morgan fingerprint density at radius 2 is 2.04 bits per heavy atom. The van der Waals surface area contributed by atoms with Crippen LogP contribution in [0.2, 0.25) is 0 Å². The summed E-state index contributed by atoms with van der Waals surface area (Å²) in [4.78, 5) is 22.9. The van der Waals surface area contributed by atoms with Crippen molar-refractivity contribution in [1.82, 2.24) is 24.6 Å². The molecule has 0 aromatic carbocycles. The minimum atomic E-state index is -0.128. The standard InChI is InChI=1S/C18H17N5O2/c24-18(15-2-3-17(20-12-15)23-9-1-6-21-23)22-10-11-25-16(13-22)14-4-7-19-8-5-14/h1-9,12,16H,10-11,13H2/t16-/m1/s1. The maximum Gasteiger partial charge on any atom is 0.255 e. The van der Waals surface area contributed by atoms with Gasteiger partial charge in [-0.1, -0.05) is 0 Å². The second-order valence-corrected chi connectivity index (χ2v) is 5.75. The number of aromatic nitrogens is 4. The molecule has 0 saturated carbocycles. The lowest BCUT2D eigenvalue weighted by Gasteiger charge is -2.33. The maximum atomic E-state index is 12.8. The molecular formula is C18H17N5O2. The molecule has 0 radical (unpaired) electrons. The van der Waals surface area contributed by atoms with Crippen LogP contribution in [0.15, 0.2) is 61.3 Å². The molecule has 7 heteroatoms. The Morgan fingerprint density at radius 1 is 1.16 bits per heavy atom. The maximum absolute atomic E-state index is 12.8. The molecule has 0 N–H and O–H groups in total. The lowest BCUT2D eigenvalue weighted by Crippen LogP contribution is -2.42. The number of nitrogens with zero attached hydrogens (tertiary/aromatic N) is 5. The van der Waals surface area contributed by atoms with Crippen LogP contribution in [0, 0.1) is 0 Å². The van der Waals surface area contributed by atoms with E-state index in [4.69, 9.17) is 4.74 Å². The zero-order valence-electron chi connectivity index (χ0n) is 13.5. The first-order valence-corrected chi connectivity index (χ1v) is 8.08. The molecular weight excluding hydrogens is 318 g/mol. The highest BCUT2D eigenvalue weighted by atomic mass is 16.5. The van der Waals surface area contributed by atoms with E-state index >= 15 is 0 Å². The van der Waals surface area contributed by atoms with Crippen LogP contribution in [0.3, 0.4) is 0 Å². The number of carbonyl (C=O) groups excluding carboxylic acids is 1. The van der Waals surface area contributed by atoms with Gasteiger partial charge in [-0.15, -0.1) is 0 Å². The summed E-state index contributed by atoms with van der Waals surface area (Å²) in [5.41, 5.74) is 1.59. The van der Waals surface area contributed by atoms with Gasteiger partial charge in [0.1, 0.15) is 6.10 Å². The first-order chi connectivity index (χ1) is 12.3. The molecule has 1 aliphatic rings. The van der Waals surface area contributed by atoms with E-state index in [1.54, 1.807) is 46.5 Å². The van der Waals surface area contributed by atoms with Gasteiger partial charge in [-0.25, -0.2) is 9.67 Å². The number of ether oxygens (including phenoxy) is 1. The lowest BCUT2D eigenvalue weighted by atomic mass is 10.1. The largest absolute Gasteiger partial charge is 0.370 e. The van der Waals surface area contributed by atoms with E-state index in [0.717, 1.165) is 5.56 Å². The molecule has 126 valence electrons. The lowest BCUT2D eigenvalue weighted by molar-refractivity contribution is -0.0228. The van der Waals surface area contributed by atoms with Crippen molar-refractivity contribution in [2.75, 3.05) is 19.7 Å². The van der Waals surface area contributed by atoms with E-state index in [9.17, 15) is 4.79 Å². The Labute approximate surface area is 144 Å². The fraction of sp³-hybridized carbons (Fsp3) is 0.222. The average molecular weight is 335 g/mol. The summed E-state index contributed by atoms with van der Waals surface area (Å²) < 4.78 is 7.45. The van der Waals surface area contributed by atoms with Crippen LogP contribution in [0.1, 0.15) is 22.0 Å². The summed E-state index contributed by atoms with van der Waals surface area (Å²) in [6.07, 6.45) is 8.43. The molecule has 4 heterocycles. The highest BCUT2D eigenvalue weighted by molar-refractivity contribution is 5.94.